The highest BCUT2D eigenvalue weighted by Gasteiger charge is 2.13. The molecule has 0 heterocycles. The molecule has 0 unspecified atom stereocenters. The third kappa shape index (κ3) is 4.36. The Kier molecular flexibility index (Phi) is 4.98. The molecule has 1 aliphatic carbocycles. The van der Waals surface area contributed by atoms with E-state index in [0.29, 0.717) is 11.7 Å². The first-order valence-electron chi connectivity index (χ1n) is 7.61. The predicted molar refractivity (Wildman–Crippen MR) is 94.9 cm³/mol. The molecule has 0 saturated heterocycles. The largest absolute Gasteiger partial charge is 0.357 e. The van der Waals surface area contributed by atoms with E-state index in [2.05, 4.69) is 40.1 Å². The monoisotopic (exact) mass is 327 g/mol. The van der Waals surface area contributed by atoms with Gasteiger partial charge in [0.2, 0.25) is 0 Å². The summed E-state index contributed by atoms with van der Waals surface area (Å²) in [6.45, 7) is 0.541. The van der Waals surface area contributed by atoms with Crippen molar-refractivity contribution in [3.63, 3.8) is 0 Å². The summed E-state index contributed by atoms with van der Waals surface area (Å²) < 4.78 is 12.8. The Labute approximate surface area is 140 Å². The Hall–Kier alpha value is -2.27. The number of fused-ring (bicyclic) bond motifs is 1. The Morgan fingerprint density at radius 1 is 1.04 bits per heavy atom. The van der Waals surface area contributed by atoms with Crippen LogP contribution in [0.15, 0.2) is 53.6 Å². The number of thiocarbonyl (C=S) groups is 1. The first kappa shape index (κ1) is 15.6. The lowest BCUT2D eigenvalue weighted by molar-refractivity contribution is 0.626. The summed E-state index contributed by atoms with van der Waals surface area (Å²) in [6.07, 6.45) is 2.83. The van der Waals surface area contributed by atoms with Crippen LogP contribution in [0.3, 0.4) is 0 Å². The van der Waals surface area contributed by atoms with Gasteiger partial charge in [0.15, 0.2) is 5.11 Å². The summed E-state index contributed by atoms with van der Waals surface area (Å²) in [7, 11) is 0. The van der Waals surface area contributed by atoms with Crippen LogP contribution in [0.5, 0.6) is 0 Å². The van der Waals surface area contributed by atoms with Crippen molar-refractivity contribution in [3.8, 4) is 0 Å². The van der Waals surface area contributed by atoms with Crippen molar-refractivity contribution in [2.75, 3.05) is 0 Å². The maximum absolute atomic E-state index is 12.8. The van der Waals surface area contributed by atoms with E-state index in [0.717, 1.165) is 30.5 Å². The van der Waals surface area contributed by atoms with Crippen LogP contribution >= 0.6 is 12.2 Å². The Bertz CT molecular complexity index is 725. The van der Waals surface area contributed by atoms with E-state index in [9.17, 15) is 4.39 Å². The molecular formula is C18H18FN3S. The second-order valence-corrected chi connectivity index (χ2v) is 5.95. The van der Waals surface area contributed by atoms with Crippen LogP contribution in [0, 0.1) is 5.82 Å². The maximum atomic E-state index is 12.8. The fourth-order valence-corrected chi connectivity index (χ4v) is 2.73. The van der Waals surface area contributed by atoms with Gasteiger partial charge in [-0.15, -0.1) is 0 Å². The van der Waals surface area contributed by atoms with Gasteiger partial charge in [0, 0.05) is 18.7 Å². The zero-order chi connectivity index (χ0) is 16.1. The normalized spacial score (nSPS) is 15.1. The van der Waals surface area contributed by atoms with E-state index in [-0.39, 0.29) is 5.82 Å². The van der Waals surface area contributed by atoms with Gasteiger partial charge in [-0.3, -0.25) is 5.43 Å². The van der Waals surface area contributed by atoms with E-state index < -0.39 is 0 Å². The van der Waals surface area contributed by atoms with E-state index in [1.54, 1.807) is 12.1 Å². The molecule has 3 rings (SSSR count). The highest BCUT2D eigenvalue weighted by atomic mass is 32.1. The minimum absolute atomic E-state index is 0.238. The summed E-state index contributed by atoms with van der Waals surface area (Å²) in [5.41, 5.74) is 7.72. The van der Waals surface area contributed by atoms with Gasteiger partial charge in [-0.1, -0.05) is 36.4 Å². The molecule has 2 aromatic rings. The number of nitrogens with zero attached hydrogens (tertiary/aromatic N) is 1. The molecular weight excluding hydrogens is 309 g/mol. The summed E-state index contributed by atoms with van der Waals surface area (Å²) in [5, 5.41) is 7.95. The van der Waals surface area contributed by atoms with Crippen LogP contribution < -0.4 is 10.7 Å². The van der Waals surface area contributed by atoms with Gasteiger partial charge >= 0.3 is 0 Å². The molecule has 1 aliphatic rings. The fourth-order valence-electron chi connectivity index (χ4n) is 2.61. The first-order valence-corrected chi connectivity index (χ1v) is 8.02. The van der Waals surface area contributed by atoms with Crippen molar-refractivity contribution in [2.24, 2.45) is 5.10 Å². The van der Waals surface area contributed by atoms with E-state index in [1.165, 1.54) is 23.3 Å². The average molecular weight is 327 g/mol. The van der Waals surface area contributed by atoms with Crippen LogP contribution in [0.4, 0.5) is 4.39 Å². The number of aryl methyl sites for hydroxylation is 1. The number of hydrazone groups is 1. The smallest absolute Gasteiger partial charge is 0.187 e. The lowest BCUT2D eigenvalue weighted by atomic mass is 9.90. The Morgan fingerprint density at radius 2 is 1.78 bits per heavy atom. The third-order valence-corrected chi connectivity index (χ3v) is 4.11. The van der Waals surface area contributed by atoms with Crippen LogP contribution in [-0.2, 0) is 19.4 Å². The van der Waals surface area contributed by atoms with Crippen molar-refractivity contribution >= 4 is 23.0 Å². The minimum Gasteiger partial charge on any atom is -0.357 e. The number of rotatable bonds is 3. The zero-order valence-corrected chi connectivity index (χ0v) is 13.5. The van der Waals surface area contributed by atoms with Gasteiger partial charge < -0.3 is 5.32 Å². The maximum Gasteiger partial charge on any atom is 0.187 e. The summed E-state index contributed by atoms with van der Waals surface area (Å²) >= 11 is 5.22. The Morgan fingerprint density at radius 3 is 2.57 bits per heavy atom. The van der Waals surface area contributed by atoms with E-state index >= 15 is 0 Å². The van der Waals surface area contributed by atoms with Crippen molar-refractivity contribution in [1.82, 2.24) is 10.7 Å². The first-order chi connectivity index (χ1) is 11.2. The van der Waals surface area contributed by atoms with E-state index in [1.807, 2.05) is 0 Å². The van der Waals surface area contributed by atoms with Crippen LogP contribution in [-0.4, -0.2) is 10.8 Å². The number of hydrogen-bond donors (Lipinski definition) is 2. The molecule has 5 heteroatoms. The molecule has 0 aromatic heterocycles. The molecule has 0 radical (unpaired) electrons. The van der Waals surface area contributed by atoms with Crippen molar-refractivity contribution < 1.29 is 4.39 Å². The third-order valence-electron chi connectivity index (χ3n) is 3.88. The van der Waals surface area contributed by atoms with Gasteiger partial charge in [-0.2, -0.15) is 5.10 Å². The molecule has 23 heavy (non-hydrogen) atoms. The summed E-state index contributed by atoms with van der Waals surface area (Å²) in [4.78, 5) is 0. The van der Waals surface area contributed by atoms with Gasteiger partial charge in [0.1, 0.15) is 5.82 Å². The second kappa shape index (κ2) is 7.33. The lowest BCUT2D eigenvalue weighted by Gasteiger charge is -2.17. The SMILES string of the molecule is Fc1ccc(CNC(=S)N/N=C2/CCc3ccccc3C2)cc1. The van der Waals surface area contributed by atoms with Crippen molar-refractivity contribution in [2.45, 2.75) is 25.8 Å². The Balaban J connectivity index is 1.50. The quantitative estimate of drug-likeness (QED) is 0.670. The molecule has 118 valence electrons. The van der Waals surface area contributed by atoms with Gasteiger partial charge in [0.05, 0.1) is 0 Å². The van der Waals surface area contributed by atoms with Crippen LogP contribution in [0.2, 0.25) is 0 Å². The molecule has 0 saturated carbocycles. The fraction of sp³-hybridized carbons (Fsp3) is 0.222. The van der Waals surface area contributed by atoms with Crippen molar-refractivity contribution in [1.29, 1.82) is 0 Å². The second-order valence-electron chi connectivity index (χ2n) is 5.54. The molecule has 0 fully saturated rings. The van der Waals surface area contributed by atoms with Gasteiger partial charge in [-0.05, 0) is 53.9 Å². The number of benzene rings is 2. The summed E-state index contributed by atoms with van der Waals surface area (Å²) in [5.74, 6) is -0.238. The molecule has 0 spiro atoms. The van der Waals surface area contributed by atoms with Gasteiger partial charge in [0.25, 0.3) is 0 Å². The number of nitrogens with one attached hydrogen (secondary N) is 2. The molecule has 0 aliphatic heterocycles. The molecule has 0 bridgehead atoms. The predicted octanol–water partition coefficient (Wildman–Crippen LogP) is 3.33. The average Bonchev–Trinajstić information content (AvgIpc) is 2.59. The molecule has 3 nitrogen and oxygen atoms in total. The number of hydrogen-bond acceptors (Lipinski definition) is 2. The van der Waals surface area contributed by atoms with Crippen LogP contribution in [0.25, 0.3) is 0 Å². The molecule has 2 N–H and O–H groups in total. The molecule has 0 atom stereocenters. The van der Waals surface area contributed by atoms with Crippen LogP contribution in [0.1, 0.15) is 23.1 Å². The zero-order valence-electron chi connectivity index (χ0n) is 12.7. The highest BCUT2D eigenvalue weighted by molar-refractivity contribution is 7.80. The lowest BCUT2D eigenvalue weighted by Crippen LogP contribution is -2.32. The van der Waals surface area contributed by atoms with E-state index in [4.69, 9.17) is 12.2 Å². The highest BCUT2D eigenvalue weighted by Crippen LogP contribution is 2.18. The molecule has 0 amide bonds. The number of halogens is 1. The standard InChI is InChI=1S/C18H18FN3S/c19-16-8-5-13(6-9-16)12-20-18(23)22-21-17-10-7-14-3-1-2-4-15(14)11-17/h1-6,8-9H,7,10-12H2,(H2,20,22,23)/b21-17-. The molecule has 2 aromatic carbocycles. The minimum atomic E-state index is -0.238. The van der Waals surface area contributed by atoms with Crippen molar-refractivity contribution in [3.05, 3.63) is 71.0 Å². The van der Waals surface area contributed by atoms with Gasteiger partial charge in [-0.25, -0.2) is 4.39 Å². The summed E-state index contributed by atoms with van der Waals surface area (Å²) in [6, 6.07) is 14.8. The topological polar surface area (TPSA) is 36.4 Å².